The lowest BCUT2D eigenvalue weighted by molar-refractivity contribution is 0.0696. The maximum Gasteiger partial charge on any atom is 0.491 e. The molecule has 0 saturated heterocycles. The average molecular weight is 512 g/mol. The van der Waals surface area contributed by atoms with Crippen molar-refractivity contribution >= 4 is 42.9 Å². The summed E-state index contributed by atoms with van der Waals surface area (Å²) >= 11 is 0. The summed E-state index contributed by atoms with van der Waals surface area (Å²) in [5.74, 6) is -4.65. The average Bonchev–Trinajstić information content (AvgIpc) is 2.85. The van der Waals surface area contributed by atoms with Crippen LogP contribution in [0.1, 0.15) is 42.2 Å². The molecule has 0 unspecified atom stereocenters. The van der Waals surface area contributed by atoms with Crippen molar-refractivity contribution in [3.05, 3.63) is 94.0 Å². The van der Waals surface area contributed by atoms with E-state index in [0.29, 0.717) is 11.1 Å². The number of amides is 2. The van der Waals surface area contributed by atoms with Crippen LogP contribution in [0.4, 0.5) is 8.78 Å². The number of carboxylic acid groups (broad SMARTS) is 1. The normalized spacial score (nSPS) is 10.5. The van der Waals surface area contributed by atoms with E-state index in [1.165, 1.54) is 30.3 Å². The molecule has 0 atom stereocenters. The third-order valence-electron chi connectivity index (χ3n) is 5.29. The fourth-order valence-electron chi connectivity index (χ4n) is 3.41. The number of carbonyl (C=O) groups is 3. The van der Waals surface area contributed by atoms with Crippen molar-refractivity contribution in [2.75, 3.05) is 0 Å². The highest BCUT2D eigenvalue weighted by Gasteiger charge is 2.19. The van der Waals surface area contributed by atoms with E-state index in [1.54, 1.807) is 0 Å². The smallest absolute Gasteiger partial charge is 0.478 e. The third-order valence-corrected chi connectivity index (χ3v) is 5.29. The summed E-state index contributed by atoms with van der Waals surface area (Å²) in [6.07, 6.45) is 0. The second-order valence-electron chi connectivity index (χ2n) is 7.93. The lowest BCUT2D eigenvalue weighted by Gasteiger charge is -2.11. The summed E-state index contributed by atoms with van der Waals surface area (Å²) in [5, 5.41) is 50.7. The van der Waals surface area contributed by atoms with Gasteiger partial charge in [0.05, 0.1) is 5.56 Å². The molecule has 0 aliphatic heterocycles. The molecule has 7 N–H and O–H groups in total. The van der Waals surface area contributed by atoms with Gasteiger partial charge in [-0.15, -0.1) is 0 Å². The predicted octanol–water partition coefficient (Wildman–Crippen LogP) is -1.12. The van der Waals surface area contributed by atoms with Crippen molar-refractivity contribution in [2.24, 2.45) is 0 Å². The van der Waals surface area contributed by atoms with Crippen LogP contribution >= 0.6 is 0 Å². The largest absolute Gasteiger partial charge is 0.491 e. The summed E-state index contributed by atoms with van der Waals surface area (Å²) in [6, 6.07) is 10.3. The molecule has 0 saturated carbocycles. The minimum absolute atomic E-state index is 0.101. The number of aromatic carboxylic acids is 1. The van der Waals surface area contributed by atoms with E-state index in [0.717, 1.165) is 24.3 Å². The van der Waals surface area contributed by atoms with Gasteiger partial charge in [0.25, 0.3) is 11.8 Å². The number of halogens is 2. The number of carboxylic acids is 1. The zero-order valence-corrected chi connectivity index (χ0v) is 19.0. The SMILES string of the molecule is O=C(O)c1cc(CNC(=O)c2ccc(B(O)O)c(F)c2)cc(CNC(=O)c2ccc(B(O)O)c(F)c2)c1. The Balaban J connectivity index is 1.70. The van der Waals surface area contributed by atoms with Crippen LogP contribution in [-0.2, 0) is 13.1 Å². The maximum atomic E-state index is 13.9. The van der Waals surface area contributed by atoms with Crippen LogP contribution in [0.15, 0.2) is 54.6 Å². The van der Waals surface area contributed by atoms with Crippen LogP contribution in [0.3, 0.4) is 0 Å². The van der Waals surface area contributed by atoms with Gasteiger partial charge in [0, 0.05) is 35.1 Å². The highest BCUT2D eigenvalue weighted by Crippen LogP contribution is 2.13. The van der Waals surface area contributed by atoms with Gasteiger partial charge in [0.1, 0.15) is 11.6 Å². The maximum absolute atomic E-state index is 13.9. The molecular formula is C23H20B2F2N2O8. The minimum atomic E-state index is -2.04. The topological polar surface area (TPSA) is 176 Å². The number of rotatable bonds is 9. The van der Waals surface area contributed by atoms with Gasteiger partial charge in [-0.3, -0.25) is 9.59 Å². The van der Waals surface area contributed by atoms with Crippen LogP contribution in [0.2, 0.25) is 0 Å². The molecule has 190 valence electrons. The predicted molar refractivity (Wildman–Crippen MR) is 128 cm³/mol. The van der Waals surface area contributed by atoms with Gasteiger partial charge < -0.3 is 35.8 Å². The van der Waals surface area contributed by atoms with E-state index in [9.17, 15) is 28.3 Å². The zero-order valence-electron chi connectivity index (χ0n) is 19.0. The molecule has 0 spiro atoms. The van der Waals surface area contributed by atoms with E-state index < -0.39 is 54.6 Å². The van der Waals surface area contributed by atoms with Gasteiger partial charge in [-0.05, 0) is 47.5 Å². The Labute approximate surface area is 209 Å². The first-order chi connectivity index (χ1) is 17.5. The first-order valence-electron chi connectivity index (χ1n) is 10.7. The van der Waals surface area contributed by atoms with E-state index in [2.05, 4.69) is 10.6 Å². The van der Waals surface area contributed by atoms with E-state index in [1.807, 2.05) is 0 Å². The second-order valence-corrected chi connectivity index (χ2v) is 7.93. The van der Waals surface area contributed by atoms with Crippen molar-refractivity contribution in [1.82, 2.24) is 10.6 Å². The number of carbonyl (C=O) groups excluding carboxylic acids is 2. The Morgan fingerprint density at radius 3 is 1.38 bits per heavy atom. The van der Waals surface area contributed by atoms with Crippen molar-refractivity contribution < 1.29 is 48.4 Å². The molecule has 3 aromatic carbocycles. The lowest BCUT2D eigenvalue weighted by atomic mass is 9.79. The first-order valence-corrected chi connectivity index (χ1v) is 10.7. The lowest BCUT2D eigenvalue weighted by Crippen LogP contribution is -2.33. The van der Waals surface area contributed by atoms with Gasteiger partial charge >= 0.3 is 20.2 Å². The standard InChI is InChI=1S/C23H20B2F2N2O8/c26-19-8-14(1-3-17(19)24(34)35)21(30)28-10-12-5-13(7-16(6-12)23(32)33)11-29-22(31)15-2-4-18(25(36)37)20(27)9-15/h1-9,34-37H,10-11H2,(H,28,30)(H,29,31)(H,32,33). The van der Waals surface area contributed by atoms with Crippen LogP contribution in [0, 0.1) is 11.6 Å². The van der Waals surface area contributed by atoms with Crippen molar-refractivity contribution in [1.29, 1.82) is 0 Å². The molecule has 0 heterocycles. The molecule has 0 aromatic heterocycles. The Morgan fingerprint density at radius 2 is 1.05 bits per heavy atom. The highest BCUT2D eigenvalue weighted by molar-refractivity contribution is 6.59. The molecule has 0 radical (unpaired) electrons. The second kappa shape index (κ2) is 11.8. The molecule has 2 amide bonds. The Kier molecular flexibility index (Phi) is 8.73. The van der Waals surface area contributed by atoms with Crippen LogP contribution in [0.25, 0.3) is 0 Å². The summed E-state index contributed by atoms with van der Waals surface area (Å²) in [4.78, 5) is 36.3. The van der Waals surface area contributed by atoms with Crippen molar-refractivity contribution in [2.45, 2.75) is 13.1 Å². The molecule has 3 rings (SSSR count). The summed E-state index contributed by atoms with van der Waals surface area (Å²) < 4.78 is 27.9. The monoisotopic (exact) mass is 512 g/mol. The quantitative estimate of drug-likeness (QED) is 0.177. The summed E-state index contributed by atoms with van der Waals surface area (Å²) in [6.45, 7) is -0.299. The van der Waals surface area contributed by atoms with Crippen LogP contribution in [-0.4, -0.2) is 57.2 Å². The molecule has 3 aromatic rings. The molecule has 0 aliphatic carbocycles. The number of nitrogens with one attached hydrogen (secondary N) is 2. The number of hydrogen-bond acceptors (Lipinski definition) is 7. The van der Waals surface area contributed by atoms with E-state index in [-0.39, 0.29) is 29.8 Å². The van der Waals surface area contributed by atoms with Crippen LogP contribution < -0.4 is 21.6 Å². The molecule has 0 bridgehead atoms. The molecule has 37 heavy (non-hydrogen) atoms. The number of benzene rings is 3. The molecule has 0 aliphatic rings. The molecule has 10 nitrogen and oxygen atoms in total. The van der Waals surface area contributed by atoms with E-state index >= 15 is 0 Å². The molecule has 14 heteroatoms. The summed E-state index contributed by atoms with van der Waals surface area (Å²) in [7, 11) is -4.08. The molecular weight excluding hydrogens is 492 g/mol. The number of hydrogen-bond donors (Lipinski definition) is 7. The van der Waals surface area contributed by atoms with E-state index in [4.69, 9.17) is 20.1 Å². The highest BCUT2D eigenvalue weighted by atomic mass is 19.1. The first kappa shape index (κ1) is 27.5. The van der Waals surface area contributed by atoms with Gasteiger partial charge in [-0.25, -0.2) is 13.6 Å². The Bertz CT molecular complexity index is 1260. The molecule has 0 fully saturated rings. The van der Waals surface area contributed by atoms with Gasteiger partial charge in [-0.2, -0.15) is 0 Å². The van der Waals surface area contributed by atoms with Gasteiger partial charge in [-0.1, -0.05) is 18.2 Å². The van der Waals surface area contributed by atoms with Crippen LogP contribution in [0.5, 0.6) is 0 Å². The Hall–Kier alpha value is -4.10. The minimum Gasteiger partial charge on any atom is -0.478 e. The van der Waals surface area contributed by atoms with Crippen molar-refractivity contribution in [3.8, 4) is 0 Å². The zero-order chi connectivity index (χ0) is 27.3. The fourth-order valence-corrected chi connectivity index (χ4v) is 3.41. The van der Waals surface area contributed by atoms with Gasteiger partial charge in [0.2, 0.25) is 0 Å². The summed E-state index contributed by atoms with van der Waals surface area (Å²) in [5.41, 5.74) is -0.424. The Morgan fingerprint density at radius 1 is 0.649 bits per heavy atom. The van der Waals surface area contributed by atoms with Crippen molar-refractivity contribution in [3.63, 3.8) is 0 Å². The fraction of sp³-hybridized carbons (Fsp3) is 0.0870. The van der Waals surface area contributed by atoms with Gasteiger partial charge in [0.15, 0.2) is 0 Å². The third kappa shape index (κ3) is 6.98.